The first-order valence-corrected chi connectivity index (χ1v) is 11.8. The molecule has 0 fully saturated rings. The Balaban J connectivity index is 2.10. The van der Waals surface area contributed by atoms with Gasteiger partial charge in [-0.3, -0.25) is 0 Å². The van der Waals surface area contributed by atoms with Crippen LogP contribution in [-0.4, -0.2) is 8.07 Å². The van der Waals surface area contributed by atoms with Gasteiger partial charge < -0.3 is 0 Å². The van der Waals surface area contributed by atoms with Gasteiger partial charge in [0.1, 0.15) is 0 Å². The molecule has 0 aliphatic heterocycles. The van der Waals surface area contributed by atoms with Crippen LogP contribution in [0.25, 0.3) is 0 Å². The minimum Gasteiger partial charge on any atom is -0.0793 e. The van der Waals surface area contributed by atoms with Gasteiger partial charge in [0.15, 0.2) is 0 Å². The van der Waals surface area contributed by atoms with Gasteiger partial charge in [-0.2, -0.15) is 0 Å². The molecule has 3 rings (SSSR count). The highest BCUT2D eigenvalue weighted by Gasteiger charge is 2.39. The molecule has 0 heterocycles. The molecular formula is C22H28Si. The zero-order valence-corrected chi connectivity index (χ0v) is 15.8. The first-order chi connectivity index (χ1) is 10.9. The van der Waals surface area contributed by atoms with Crippen molar-refractivity contribution in [1.29, 1.82) is 0 Å². The van der Waals surface area contributed by atoms with E-state index in [-0.39, 0.29) is 0 Å². The Hall–Kier alpha value is -1.60. The van der Waals surface area contributed by atoms with Crippen LogP contribution in [0.2, 0.25) is 13.1 Å². The highest BCUT2D eigenvalue weighted by molar-refractivity contribution is 6.91. The molecule has 1 aliphatic rings. The van der Waals surface area contributed by atoms with Gasteiger partial charge in [-0.15, -0.1) is 0 Å². The molecular weight excluding hydrogens is 292 g/mol. The summed E-state index contributed by atoms with van der Waals surface area (Å²) < 4.78 is 0. The lowest BCUT2D eigenvalue weighted by atomic mass is 9.94. The Morgan fingerprint density at radius 1 is 0.870 bits per heavy atom. The van der Waals surface area contributed by atoms with E-state index in [4.69, 9.17) is 0 Å². The zero-order chi connectivity index (χ0) is 16.5. The van der Waals surface area contributed by atoms with Crippen molar-refractivity contribution in [2.24, 2.45) is 5.41 Å². The molecule has 0 saturated carbocycles. The van der Waals surface area contributed by atoms with E-state index in [1.54, 1.807) is 10.8 Å². The van der Waals surface area contributed by atoms with E-state index in [1.165, 1.54) is 18.4 Å². The zero-order valence-electron chi connectivity index (χ0n) is 14.8. The van der Waals surface area contributed by atoms with E-state index in [0.717, 1.165) is 0 Å². The summed E-state index contributed by atoms with van der Waals surface area (Å²) >= 11 is 0. The lowest BCUT2D eigenvalue weighted by Crippen LogP contribution is -2.48. The highest BCUT2D eigenvalue weighted by atomic mass is 28.3. The number of allylic oxidation sites excluding steroid dienone is 2. The quantitative estimate of drug-likeness (QED) is 0.503. The van der Waals surface area contributed by atoms with Gasteiger partial charge in [0, 0.05) is 5.54 Å². The summed E-state index contributed by atoms with van der Waals surface area (Å²) in [6.45, 7) is 9.82. The number of hydrogen-bond acceptors (Lipinski definition) is 0. The fraction of sp³-hybridized carbons (Fsp3) is 0.364. The van der Waals surface area contributed by atoms with Crippen molar-refractivity contribution in [3.63, 3.8) is 0 Å². The summed E-state index contributed by atoms with van der Waals surface area (Å²) in [6.07, 6.45) is 5.10. The Morgan fingerprint density at radius 2 is 1.43 bits per heavy atom. The maximum absolute atomic E-state index is 2.57. The topological polar surface area (TPSA) is 0 Å². The smallest absolute Gasteiger partial charge is 0.0793 e. The summed E-state index contributed by atoms with van der Waals surface area (Å²) in [7, 11) is -1.65. The van der Waals surface area contributed by atoms with Crippen molar-refractivity contribution in [2.75, 3.05) is 0 Å². The molecule has 0 N–H and O–H groups in total. The van der Waals surface area contributed by atoms with Crippen LogP contribution in [0.1, 0.15) is 37.8 Å². The number of benzene rings is 2. The third kappa shape index (κ3) is 3.35. The molecule has 0 radical (unpaired) electrons. The minimum atomic E-state index is -1.65. The molecule has 1 aliphatic carbocycles. The second kappa shape index (κ2) is 6.12. The SMILES string of the molecule is CC1(C)C=C(C(c2ccccc2)[Si](C)(C)c2ccccc2)CC1. The molecule has 2 aromatic carbocycles. The molecule has 0 saturated heterocycles. The van der Waals surface area contributed by atoms with Crippen LogP contribution in [-0.2, 0) is 0 Å². The lowest BCUT2D eigenvalue weighted by molar-refractivity contribution is 0.470. The van der Waals surface area contributed by atoms with Crippen molar-refractivity contribution < 1.29 is 0 Å². The van der Waals surface area contributed by atoms with Gasteiger partial charge >= 0.3 is 0 Å². The molecule has 1 atom stereocenters. The fourth-order valence-electron chi connectivity index (χ4n) is 4.11. The van der Waals surface area contributed by atoms with E-state index < -0.39 is 8.07 Å². The molecule has 0 aromatic heterocycles. The molecule has 2 aromatic rings. The Bertz CT molecular complexity index is 680. The average molecular weight is 321 g/mol. The number of rotatable bonds is 4. The highest BCUT2D eigenvalue weighted by Crippen LogP contribution is 2.44. The monoisotopic (exact) mass is 320 g/mol. The van der Waals surface area contributed by atoms with Crippen molar-refractivity contribution in [1.82, 2.24) is 0 Å². The second-order valence-electron chi connectivity index (χ2n) is 8.14. The average Bonchev–Trinajstić information content (AvgIpc) is 2.89. The standard InChI is InChI=1S/C22H28Si/c1-22(2)16-15-19(17-22)21(18-11-7-5-8-12-18)23(3,4)20-13-9-6-10-14-20/h5-14,17,21H,15-16H2,1-4H3. The first kappa shape index (κ1) is 16.3. The maximum atomic E-state index is 2.57. The molecule has 23 heavy (non-hydrogen) atoms. The van der Waals surface area contributed by atoms with Gasteiger partial charge in [0.05, 0.1) is 8.07 Å². The molecule has 0 bridgehead atoms. The van der Waals surface area contributed by atoms with Crippen LogP contribution >= 0.6 is 0 Å². The summed E-state index contributed by atoms with van der Waals surface area (Å²) in [5.41, 5.74) is 4.09. The van der Waals surface area contributed by atoms with E-state index >= 15 is 0 Å². The normalized spacial score (nSPS) is 18.5. The van der Waals surface area contributed by atoms with Crippen molar-refractivity contribution in [3.8, 4) is 0 Å². The van der Waals surface area contributed by atoms with Gasteiger partial charge in [-0.25, -0.2) is 0 Å². The largest absolute Gasteiger partial charge is 0.0922 e. The Labute approximate surface area is 142 Å². The Kier molecular flexibility index (Phi) is 4.33. The van der Waals surface area contributed by atoms with Crippen molar-refractivity contribution >= 4 is 13.3 Å². The maximum Gasteiger partial charge on any atom is 0.0922 e. The molecule has 120 valence electrons. The predicted molar refractivity (Wildman–Crippen MR) is 104 cm³/mol. The summed E-state index contributed by atoms with van der Waals surface area (Å²) in [4.78, 5) is 0. The fourth-order valence-corrected chi connectivity index (χ4v) is 7.68. The van der Waals surface area contributed by atoms with Crippen molar-refractivity contribution in [2.45, 2.75) is 45.3 Å². The van der Waals surface area contributed by atoms with Gasteiger partial charge in [-0.05, 0) is 23.8 Å². The van der Waals surface area contributed by atoms with Crippen LogP contribution in [0.3, 0.4) is 0 Å². The first-order valence-electron chi connectivity index (χ1n) is 8.72. The molecule has 0 spiro atoms. The van der Waals surface area contributed by atoms with E-state index in [9.17, 15) is 0 Å². The van der Waals surface area contributed by atoms with Crippen LogP contribution in [0.5, 0.6) is 0 Å². The summed E-state index contributed by atoms with van der Waals surface area (Å²) in [5.74, 6) is 0. The van der Waals surface area contributed by atoms with E-state index in [0.29, 0.717) is 11.0 Å². The third-order valence-electron chi connectivity index (χ3n) is 5.38. The third-order valence-corrected chi connectivity index (χ3v) is 9.35. The van der Waals surface area contributed by atoms with Crippen LogP contribution in [0.4, 0.5) is 0 Å². The van der Waals surface area contributed by atoms with Crippen LogP contribution in [0, 0.1) is 5.41 Å². The Morgan fingerprint density at radius 3 is 1.96 bits per heavy atom. The lowest BCUT2D eigenvalue weighted by Gasteiger charge is -2.35. The molecule has 1 unspecified atom stereocenters. The number of hydrogen-bond donors (Lipinski definition) is 0. The van der Waals surface area contributed by atoms with E-state index in [1.807, 2.05) is 0 Å². The second-order valence-corrected chi connectivity index (χ2v) is 12.7. The summed E-state index contributed by atoms with van der Waals surface area (Å²) in [6, 6.07) is 22.4. The van der Waals surface area contributed by atoms with E-state index in [2.05, 4.69) is 93.7 Å². The molecule has 1 heteroatoms. The van der Waals surface area contributed by atoms with Crippen LogP contribution in [0.15, 0.2) is 72.3 Å². The molecule has 0 nitrogen and oxygen atoms in total. The van der Waals surface area contributed by atoms with Crippen LogP contribution < -0.4 is 5.19 Å². The predicted octanol–water partition coefficient (Wildman–Crippen LogP) is 5.67. The molecule has 0 amide bonds. The van der Waals surface area contributed by atoms with Crippen molar-refractivity contribution in [3.05, 3.63) is 77.9 Å². The van der Waals surface area contributed by atoms with Gasteiger partial charge in [0.25, 0.3) is 0 Å². The van der Waals surface area contributed by atoms with Gasteiger partial charge in [-0.1, -0.05) is 104 Å². The minimum absolute atomic E-state index is 0.351. The van der Waals surface area contributed by atoms with Gasteiger partial charge in [0.2, 0.25) is 0 Å². The summed E-state index contributed by atoms with van der Waals surface area (Å²) in [5, 5.41) is 1.56.